The summed E-state index contributed by atoms with van der Waals surface area (Å²) in [6, 6.07) is 4.73. The number of halogens is 2. The summed E-state index contributed by atoms with van der Waals surface area (Å²) in [6.45, 7) is 6.13. The second-order valence-electron chi connectivity index (χ2n) is 5.30. The van der Waals surface area contributed by atoms with E-state index in [9.17, 15) is 4.39 Å². The quantitative estimate of drug-likeness (QED) is 0.849. The van der Waals surface area contributed by atoms with E-state index in [-0.39, 0.29) is 17.3 Å². The van der Waals surface area contributed by atoms with Crippen molar-refractivity contribution in [3.8, 4) is 0 Å². The Balaban J connectivity index is 2.52. The number of fused-ring (bicyclic) bond motifs is 1. The number of hydrogen-bond acceptors (Lipinski definition) is 2. The predicted octanol–water partition coefficient (Wildman–Crippen LogP) is 4.38. The molecular weight excluding hydrogens is 285 g/mol. The predicted molar refractivity (Wildman–Crippen MR) is 70.3 cm³/mol. The summed E-state index contributed by atoms with van der Waals surface area (Å²) >= 11 is 3.15. The van der Waals surface area contributed by atoms with Gasteiger partial charge in [0.2, 0.25) is 0 Å². The van der Waals surface area contributed by atoms with Crippen LogP contribution in [-0.2, 0) is 0 Å². The Morgan fingerprint density at radius 1 is 1.29 bits per heavy atom. The minimum atomic E-state index is -0.331. The zero-order valence-electron chi connectivity index (χ0n) is 10.1. The fourth-order valence-corrected chi connectivity index (χ4v) is 2.00. The van der Waals surface area contributed by atoms with Crippen molar-refractivity contribution >= 4 is 26.9 Å². The van der Waals surface area contributed by atoms with Gasteiger partial charge in [0.05, 0.1) is 10.5 Å². The van der Waals surface area contributed by atoms with Crippen LogP contribution in [0.3, 0.4) is 0 Å². The van der Waals surface area contributed by atoms with Crippen LogP contribution in [-0.4, -0.2) is 0 Å². The van der Waals surface area contributed by atoms with E-state index in [1.807, 2.05) is 26.8 Å². The lowest BCUT2D eigenvalue weighted by Crippen LogP contribution is -2.25. The Morgan fingerprint density at radius 3 is 2.53 bits per heavy atom. The lowest BCUT2D eigenvalue weighted by Gasteiger charge is -2.24. The van der Waals surface area contributed by atoms with Gasteiger partial charge in [0.1, 0.15) is 17.2 Å². The molecule has 2 rings (SSSR count). The Kier molecular flexibility index (Phi) is 3.04. The largest absolute Gasteiger partial charge is 0.459 e. The molecule has 1 aromatic heterocycles. The molecule has 0 aliphatic heterocycles. The third kappa shape index (κ3) is 2.38. The maximum atomic E-state index is 13.4. The third-order valence-corrected chi connectivity index (χ3v) is 3.43. The molecule has 1 unspecified atom stereocenters. The van der Waals surface area contributed by atoms with Gasteiger partial charge in [-0.15, -0.1) is 0 Å². The summed E-state index contributed by atoms with van der Waals surface area (Å²) < 4.78 is 19.4. The summed E-state index contributed by atoms with van der Waals surface area (Å²) in [5, 5.41) is 0.855. The number of furan rings is 1. The minimum absolute atomic E-state index is 0.0936. The molecule has 0 bridgehead atoms. The number of nitrogens with two attached hydrogens (primary N) is 1. The first-order chi connectivity index (χ1) is 7.79. The van der Waals surface area contributed by atoms with E-state index < -0.39 is 0 Å². The minimum Gasteiger partial charge on any atom is -0.459 e. The van der Waals surface area contributed by atoms with Crippen molar-refractivity contribution in [2.45, 2.75) is 26.8 Å². The van der Waals surface area contributed by atoms with Crippen molar-refractivity contribution in [1.29, 1.82) is 0 Å². The molecule has 2 nitrogen and oxygen atoms in total. The summed E-state index contributed by atoms with van der Waals surface area (Å²) in [6.07, 6.45) is 0. The molecule has 2 aromatic rings. The molecule has 1 aromatic carbocycles. The topological polar surface area (TPSA) is 39.2 Å². The van der Waals surface area contributed by atoms with E-state index in [1.54, 1.807) is 6.07 Å². The number of benzene rings is 1. The van der Waals surface area contributed by atoms with Gasteiger partial charge in [0.15, 0.2) is 0 Å². The van der Waals surface area contributed by atoms with Crippen molar-refractivity contribution < 1.29 is 8.81 Å². The van der Waals surface area contributed by atoms with Crippen molar-refractivity contribution in [3.05, 3.63) is 34.2 Å². The highest BCUT2D eigenvalue weighted by Gasteiger charge is 2.25. The normalized spacial score (nSPS) is 14.2. The summed E-state index contributed by atoms with van der Waals surface area (Å²) in [7, 11) is 0. The van der Waals surface area contributed by atoms with Crippen LogP contribution < -0.4 is 5.73 Å². The van der Waals surface area contributed by atoms with Gasteiger partial charge in [-0.05, 0) is 33.5 Å². The number of rotatable bonds is 1. The molecule has 0 saturated heterocycles. The second kappa shape index (κ2) is 4.10. The zero-order valence-corrected chi connectivity index (χ0v) is 11.6. The monoisotopic (exact) mass is 299 g/mol. The van der Waals surface area contributed by atoms with Crippen LogP contribution in [0.1, 0.15) is 32.6 Å². The van der Waals surface area contributed by atoms with Gasteiger partial charge in [0, 0.05) is 11.5 Å². The van der Waals surface area contributed by atoms with Gasteiger partial charge in [-0.25, -0.2) is 4.39 Å². The first-order valence-corrected chi connectivity index (χ1v) is 6.22. The van der Waals surface area contributed by atoms with Crippen molar-refractivity contribution in [2.24, 2.45) is 11.1 Å². The third-order valence-electron chi connectivity index (χ3n) is 2.82. The molecule has 0 spiro atoms. The van der Waals surface area contributed by atoms with Crippen LogP contribution in [0, 0.1) is 11.2 Å². The Labute approximate surface area is 108 Å². The van der Waals surface area contributed by atoms with Crippen LogP contribution in [0.4, 0.5) is 4.39 Å². The van der Waals surface area contributed by atoms with Gasteiger partial charge in [-0.3, -0.25) is 0 Å². The highest BCUT2D eigenvalue weighted by atomic mass is 79.9. The van der Waals surface area contributed by atoms with Gasteiger partial charge >= 0.3 is 0 Å². The highest BCUT2D eigenvalue weighted by molar-refractivity contribution is 9.10. The molecule has 1 atom stereocenters. The Hall–Kier alpha value is -0.870. The molecule has 2 N–H and O–H groups in total. The molecule has 0 fully saturated rings. The zero-order chi connectivity index (χ0) is 12.8. The smallest absolute Gasteiger partial charge is 0.141 e. The van der Waals surface area contributed by atoms with Crippen molar-refractivity contribution in [3.63, 3.8) is 0 Å². The lowest BCUT2D eigenvalue weighted by molar-refractivity contribution is 0.290. The maximum Gasteiger partial charge on any atom is 0.141 e. The van der Waals surface area contributed by atoms with E-state index in [1.165, 1.54) is 6.07 Å². The Bertz CT molecular complexity index is 517. The molecule has 0 saturated carbocycles. The molecule has 0 amide bonds. The van der Waals surface area contributed by atoms with E-state index in [4.69, 9.17) is 10.2 Å². The van der Waals surface area contributed by atoms with Gasteiger partial charge in [0.25, 0.3) is 0 Å². The molecule has 92 valence electrons. The van der Waals surface area contributed by atoms with E-state index in [0.717, 1.165) is 5.39 Å². The van der Waals surface area contributed by atoms with Crippen LogP contribution in [0.15, 0.2) is 27.1 Å². The standard InChI is InChI=1S/C13H15BrFNO/c1-13(2,3)12(16)11-5-7-4-8(14)9(15)6-10(7)17-11/h4-6,12H,16H2,1-3H3. The fraction of sp³-hybridized carbons (Fsp3) is 0.385. The second-order valence-corrected chi connectivity index (χ2v) is 6.15. The summed E-state index contributed by atoms with van der Waals surface area (Å²) in [5.41, 5.74) is 6.55. The van der Waals surface area contributed by atoms with Gasteiger partial charge in [-0.1, -0.05) is 20.8 Å². The van der Waals surface area contributed by atoms with Crippen molar-refractivity contribution in [2.75, 3.05) is 0 Å². The lowest BCUT2D eigenvalue weighted by atomic mass is 9.86. The molecule has 4 heteroatoms. The van der Waals surface area contributed by atoms with Crippen LogP contribution in [0.5, 0.6) is 0 Å². The van der Waals surface area contributed by atoms with Crippen LogP contribution >= 0.6 is 15.9 Å². The van der Waals surface area contributed by atoms with Crippen LogP contribution in [0.2, 0.25) is 0 Å². The summed E-state index contributed by atoms with van der Waals surface area (Å²) in [5.74, 6) is 0.354. The molecular formula is C13H15BrFNO. The number of hydrogen-bond donors (Lipinski definition) is 1. The van der Waals surface area contributed by atoms with Crippen molar-refractivity contribution in [1.82, 2.24) is 0 Å². The first-order valence-electron chi connectivity index (χ1n) is 5.43. The van der Waals surface area contributed by atoms with E-state index in [0.29, 0.717) is 15.8 Å². The van der Waals surface area contributed by atoms with Gasteiger partial charge in [-0.2, -0.15) is 0 Å². The summed E-state index contributed by atoms with van der Waals surface area (Å²) in [4.78, 5) is 0. The highest BCUT2D eigenvalue weighted by Crippen LogP contribution is 2.34. The van der Waals surface area contributed by atoms with E-state index in [2.05, 4.69) is 15.9 Å². The SMILES string of the molecule is CC(C)(C)C(N)c1cc2cc(Br)c(F)cc2o1. The molecule has 17 heavy (non-hydrogen) atoms. The van der Waals surface area contributed by atoms with E-state index >= 15 is 0 Å². The molecule has 0 aliphatic carbocycles. The molecule has 1 heterocycles. The molecule has 0 aliphatic rings. The Morgan fingerprint density at radius 2 is 1.94 bits per heavy atom. The fourth-order valence-electron chi connectivity index (χ4n) is 1.63. The molecule has 0 radical (unpaired) electrons. The van der Waals surface area contributed by atoms with Crippen LogP contribution in [0.25, 0.3) is 11.0 Å². The van der Waals surface area contributed by atoms with Gasteiger partial charge < -0.3 is 10.2 Å². The average Bonchev–Trinajstić information content (AvgIpc) is 2.59. The maximum absolute atomic E-state index is 13.4. The first kappa shape index (κ1) is 12.6. The average molecular weight is 300 g/mol.